The molecule has 4 nitrogen and oxygen atoms in total. The van der Waals surface area contributed by atoms with Crippen LogP contribution in [-0.4, -0.2) is 22.4 Å². The highest BCUT2D eigenvalue weighted by Crippen LogP contribution is 2.22. The van der Waals surface area contributed by atoms with E-state index in [0.29, 0.717) is 24.2 Å². The Kier molecular flexibility index (Phi) is 4.73. The van der Waals surface area contributed by atoms with Gasteiger partial charge in [-0.3, -0.25) is 9.78 Å². The van der Waals surface area contributed by atoms with Gasteiger partial charge in [-0.2, -0.15) is 0 Å². The van der Waals surface area contributed by atoms with E-state index >= 15 is 0 Å². The number of nitrogens with one attached hydrogen (secondary N) is 1. The molecule has 0 bridgehead atoms. The van der Waals surface area contributed by atoms with E-state index in [2.05, 4.69) is 15.3 Å². The molecule has 0 aliphatic carbocycles. The van der Waals surface area contributed by atoms with E-state index in [1.807, 2.05) is 12.1 Å². The van der Waals surface area contributed by atoms with Crippen LogP contribution in [0.2, 0.25) is 0 Å². The highest BCUT2D eigenvalue weighted by Gasteiger charge is 2.11. The molecule has 0 radical (unpaired) electrons. The molecule has 1 N–H and O–H groups in total. The first-order valence-corrected chi connectivity index (χ1v) is 7.99. The fourth-order valence-electron chi connectivity index (χ4n) is 2.11. The average molecular weight is 327 g/mol. The van der Waals surface area contributed by atoms with Gasteiger partial charge in [-0.15, -0.1) is 11.3 Å². The van der Waals surface area contributed by atoms with Gasteiger partial charge in [0.1, 0.15) is 16.5 Å². The number of carbonyl (C=O) groups excluding carboxylic acids is 1. The Hall–Kier alpha value is -2.60. The van der Waals surface area contributed by atoms with Gasteiger partial charge in [-0.05, 0) is 30.2 Å². The molecule has 23 heavy (non-hydrogen) atoms. The second kappa shape index (κ2) is 7.11. The molecule has 3 rings (SSSR count). The second-order valence-corrected chi connectivity index (χ2v) is 5.73. The zero-order valence-corrected chi connectivity index (χ0v) is 13.0. The first-order valence-electron chi connectivity index (χ1n) is 7.11. The first kappa shape index (κ1) is 15.3. The molecule has 0 unspecified atom stereocenters. The van der Waals surface area contributed by atoms with Crippen molar-refractivity contribution >= 4 is 17.2 Å². The topological polar surface area (TPSA) is 54.9 Å². The summed E-state index contributed by atoms with van der Waals surface area (Å²) >= 11 is 1.40. The highest BCUT2D eigenvalue weighted by molar-refractivity contribution is 7.13. The normalized spacial score (nSPS) is 10.5. The van der Waals surface area contributed by atoms with Crippen LogP contribution in [0.25, 0.3) is 10.6 Å². The van der Waals surface area contributed by atoms with Crippen LogP contribution >= 0.6 is 11.3 Å². The van der Waals surface area contributed by atoms with Gasteiger partial charge >= 0.3 is 0 Å². The maximum Gasteiger partial charge on any atom is 0.270 e. The minimum Gasteiger partial charge on any atom is -0.350 e. The van der Waals surface area contributed by atoms with E-state index in [9.17, 15) is 9.18 Å². The van der Waals surface area contributed by atoms with Crippen molar-refractivity contribution in [2.75, 3.05) is 6.54 Å². The van der Waals surface area contributed by atoms with Gasteiger partial charge in [0.05, 0.1) is 0 Å². The fourth-order valence-corrected chi connectivity index (χ4v) is 2.91. The Labute approximate surface area is 137 Å². The van der Waals surface area contributed by atoms with Gasteiger partial charge in [0.2, 0.25) is 0 Å². The van der Waals surface area contributed by atoms with E-state index in [1.165, 1.54) is 17.4 Å². The van der Waals surface area contributed by atoms with Crippen molar-refractivity contribution < 1.29 is 9.18 Å². The molecule has 0 saturated heterocycles. The predicted octanol–water partition coefficient (Wildman–Crippen LogP) is 3.32. The lowest BCUT2D eigenvalue weighted by molar-refractivity contribution is 0.0950. The number of nitrogens with zero attached hydrogens (tertiary/aromatic N) is 2. The summed E-state index contributed by atoms with van der Waals surface area (Å²) in [7, 11) is 0. The van der Waals surface area contributed by atoms with E-state index in [1.54, 1.807) is 36.0 Å². The van der Waals surface area contributed by atoms with Gasteiger partial charge in [-0.25, -0.2) is 9.37 Å². The standard InChI is InChI=1S/C17H14FN3OS/c18-14-4-2-1-3-12(14)7-10-20-16(22)15-11-23-17(21-15)13-5-8-19-9-6-13/h1-6,8-9,11H,7,10H2,(H,20,22). The second-order valence-electron chi connectivity index (χ2n) is 4.87. The molecule has 2 heterocycles. The summed E-state index contributed by atoms with van der Waals surface area (Å²) in [5.41, 5.74) is 1.88. The minimum absolute atomic E-state index is 0.252. The molecule has 1 amide bonds. The number of benzene rings is 1. The summed E-state index contributed by atoms with van der Waals surface area (Å²) in [4.78, 5) is 20.4. The number of carbonyl (C=O) groups is 1. The molecule has 1 aromatic carbocycles. The lowest BCUT2D eigenvalue weighted by Gasteiger charge is -2.04. The Morgan fingerprint density at radius 3 is 2.74 bits per heavy atom. The molecular weight excluding hydrogens is 313 g/mol. The number of halogens is 1. The van der Waals surface area contributed by atoms with Crippen LogP contribution < -0.4 is 5.32 Å². The quantitative estimate of drug-likeness (QED) is 0.782. The summed E-state index contributed by atoms with van der Waals surface area (Å²) < 4.78 is 13.5. The number of hydrogen-bond donors (Lipinski definition) is 1. The monoisotopic (exact) mass is 327 g/mol. The Morgan fingerprint density at radius 1 is 1.17 bits per heavy atom. The van der Waals surface area contributed by atoms with Gasteiger partial charge < -0.3 is 5.32 Å². The summed E-state index contributed by atoms with van der Waals surface area (Å²) in [5.74, 6) is -0.506. The highest BCUT2D eigenvalue weighted by atomic mass is 32.1. The van der Waals surface area contributed by atoms with Crippen LogP contribution in [0.5, 0.6) is 0 Å². The summed E-state index contributed by atoms with van der Waals surface area (Å²) in [6.45, 7) is 0.363. The van der Waals surface area contributed by atoms with Crippen LogP contribution in [-0.2, 0) is 6.42 Å². The first-order chi connectivity index (χ1) is 11.2. The van der Waals surface area contributed by atoms with E-state index < -0.39 is 0 Å². The molecule has 2 aromatic heterocycles. The lowest BCUT2D eigenvalue weighted by atomic mass is 10.1. The SMILES string of the molecule is O=C(NCCc1ccccc1F)c1csc(-c2ccncc2)n1. The predicted molar refractivity (Wildman–Crippen MR) is 87.8 cm³/mol. The van der Waals surface area contributed by atoms with E-state index in [4.69, 9.17) is 0 Å². The van der Waals surface area contributed by atoms with Gasteiger partial charge in [0.25, 0.3) is 5.91 Å². The molecule has 6 heteroatoms. The Morgan fingerprint density at radius 2 is 1.96 bits per heavy atom. The minimum atomic E-state index is -0.254. The third-order valence-corrected chi connectivity index (χ3v) is 4.19. The molecule has 0 spiro atoms. The molecule has 0 atom stereocenters. The molecule has 0 saturated carbocycles. The largest absolute Gasteiger partial charge is 0.350 e. The van der Waals surface area contributed by atoms with Crippen molar-refractivity contribution in [2.45, 2.75) is 6.42 Å². The maximum atomic E-state index is 13.5. The maximum absolute atomic E-state index is 13.5. The summed E-state index contributed by atoms with van der Waals surface area (Å²) in [5, 5.41) is 5.25. The zero-order chi connectivity index (χ0) is 16.1. The third-order valence-electron chi connectivity index (χ3n) is 3.30. The van der Waals surface area contributed by atoms with Crippen molar-refractivity contribution in [3.05, 3.63) is 71.2 Å². The van der Waals surface area contributed by atoms with Crippen molar-refractivity contribution in [1.29, 1.82) is 0 Å². The van der Waals surface area contributed by atoms with Crippen molar-refractivity contribution in [3.63, 3.8) is 0 Å². The number of thiazole rings is 1. The van der Waals surface area contributed by atoms with Gasteiger partial charge in [-0.1, -0.05) is 18.2 Å². The number of pyridine rings is 1. The molecule has 3 aromatic rings. The number of hydrogen-bond acceptors (Lipinski definition) is 4. The smallest absolute Gasteiger partial charge is 0.270 e. The fraction of sp³-hybridized carbons (Fsp3) is 0.118. The zero-order valence-electron chi connectivity index (χ0n) is 12.2. The lowest BCUT2D eigenvalue weighted by Crippen LogP contribution is -2.26. The number of rotatable bonds is 5. The van der Waals surface area contributed by atoms with E-state index in [0.717, 1.165) is 10.6 Å². The molecule has 0 aliphatic heterocycles. The molecule has 116 valence electrons. The Bertz CT molecular complexity index is 804. The van der Waals surface area contributed by atoms with Crippen LogP contribution in [0.1, 0.15) is 16.1 Å². The van der Waals surface area contributed by atoms with Crippen LogP contribution in [0, 0.1) is 5.82 Å². The molecule has 0 aliphatic rings. The van der Waals surface area contributed by atoms with Crippen LogP contribution in [0.15, 0.2) is 54.2 Å². The summed E-state index contributed by atoms with van der Waals surface area (Å²) in [6.07, 6.45) is 3.82. The average Bonchev–Trinajstić information content (AvgIpc) is 3.07. The molecule has 0 fully saturated rings. The van der Waals surface area contributed by atoms with Crippen molar-refractivity contribution in [1.82, 2.24) is 15.3 Å². The van der Waals surface area contributed by atoms with Crippen LogP contribution in [0.4, 0.5) is 4.39 Å². The number of amides is 1. The van der Waals surface area contributed by atoms with Gasteiger partial charge in [0.15, 0.2) is 0 Å². The molecular formula is C17H14FN3OS. The third kappa shape index (κ3) is 3.78. The van der Waals surface area contributed by atoms with Crippen LogP contribution in [0.3, 0.4) is 0 Å². The van der Waals surface area contributed by atoms with E-state index in [-0.39, 0.29) is 11.7 Å². The van der Waals surface area contributed by atoms with Crippen molar-refractivity contribution in [3.8, 4) is 10.6 Å². The van der Waals surface area contributed by atoms with Crippen molar-refractivity contribution in [2.24, 2.45) is 0 Å². The Balaban J connectivity index is 1.59. The number of aromatic nitrogens is 2. The van der Waals surface area contributed by atoms with Gasteiger partial charge in [0, 0.05) is 29.9 Å². The summed E-state index contributed by atoms with van der Waals surface area (Å²) in [6, 6.07) is 10.2.